The Bertz CT molecular complexity index is 792. The fourth-order valence-electron chi connectivity index (χ4n) is 4.56. The lowest BCUT2D eigenvalue weighted by Gasteiger charge is -2.43. The van der Waals surface area contributed by atoms with Gasteiger partial charge in [0.25, 0.3) is 8.32 Å². The van der Waals surface area contributed by atoms with Crippen molar-refractivity contribution in [3.05, 3.63) is 60.7 Å². The minimum absolute atomic E-state index is 0.0158. The second kappa shape index (κ2) is 9.04. The smallest absolute Gasteiger partial charge is 0.303 e. The topological polar surface area (TPSA) is 44.8 Å². The van der Waals surface area contributed by atoms with Crippen molar-refractivity contribution in [3.63, 3.8) is 0 Å². The third kappa shape index (κ3) is 4.38. The summed E-state index contributed by atoms with van der Waals surface area (Å²) in [6.45, 7) is 12.7. The van der Waals surface area contributed by atoms with Gasteiger partial charge in [0, 0.05) is 12.8 Å². The number of carbonyl (C=O) groups is 1. The Kier molecular flexibility index (Phi) is 6.85. The van der Waals surface area contributed by atoms with Crippen LogP contribution in [-0.2, 0) is 18.7 Å². The van der Waals surface area contributed by atoms with Crippen LogP contribution in [0.1, 0.15) is 41.5 Å². The Labute approximate surface area is 181 Å². The predicted octanol–water partition coefficient (Wildman–Crippen LogP) is 3.92. The van der Waals surface area contributed by atoms with Crippen molar-refractivity contribution >= 4 is 24.7 Å². The second-order valence-electron chi connectivity index (χ2n) is 9.29. The van der Waals surface area contributed by atoms with Crippen LogP contribution in [-0.4, -0.2) is 39.2 Å². The van der Waals surface area contributed by atoms with Crippen LogP contribution in [0.25, 0.3) is 0 Å². The first-order valence-corrected chi connectivity index (χ1v) is 12.7. The molecule has 0 N–H and O–H groups in total. The van der Waals surface area contributed by atoms with Crippen LogP contribution in [0, 0.1) is 5.92 Å². The highest BCUT2D eigenvalue weighted by Crippen LogP contribution is 2.38. The summed E-state index contributed by atoms with van der Waals surface area (Å²) >= 11 is 0. The van der Waals surface area contributed by atoms with Crippen molar-refractivity contribution < 1.29 is 18.7 Å². The normalized spacial score (nSPS) is 24.6. The molecule has 0 radical (unpaired) electrons. The first-order chi connectivity index (χ1) is 14.2. The van der Waals surface area contributed by atoms with Crippen LogP contribution in [0.3, 0.4) is 0 Å². The van der Waals surface area contributed by atoms with E-state index in [4.69, 9.17) is 13.9 Å². The van der Waals surface area contributed by atoms with Gasteiger partial charge in [0.1, 0.15) is 12.2 Å². The van der Waals surface area contributed by atoms with Crippen molar-refractivity contribution in [2.45, 2.75) is 64.9 Å². The maximum absolute atomic E-state index is 11.7. The SMILES string of the molecule is CC(=O)O[C@H]1[C@H](CO[Si](c2ccccc2)(c2ccccc2)C(C)(C)C)OC(C)[C@@H]1C. The van der Waals surface area contributed by atoms with Crippen molar-refractivity contribution in [3.8, 4) is 0 Å². The molecule has 5 heteroatoms. The number of hydrogen-bond acceptors (Lipinski definition) is 4. The highest BCUT2D eigenvalue weighted by atomic mass is 28.4. The molecule has 0 bridgehead atoms. The van der Waals surface area contributed by atoms with Gasteiger partial charge in [-0.15, -0.1) is 0 Å². The molecule has 0 saturated carbocycles. The molecule has 0 aliphatic carbocycles. The molecule has 0 spiro atoms. The zero-order chi connectivity index (χ0) is 21.9. The first kappa shape index (κ1) is 22.7. The first-order valence-electron chi connectivity index (χ1n) is 10.7. The molecule has 4 nitrogen and oxygen atoms in total. The summed E-state index contributed by atoms with van der Waals surface area (Å²) in [4.78, 5) is 11.7. The predicted molar refractivity (Wildman–Crippen MR) is 123 cm³/mol. The van der Waals surface area contributed by atoms with E-state index in [0.717, 1.165) is 0 Å². The largest absolute Gasteiger partial charge is 0.459 e. The van der Waals surface area contributed by atoms with E-state index in [-0.39, 0.29) is 35.2 Å². The quantitative estimate of drug-likeness (QED) is 0.519. The lowest BCUT2D eigenvalue weighted by Crippen LogP contribution is -2.67. The summed E-state index contributed by atoms with van der Waals surface area (Å²) < 4.78 is 18.8. The molecular weight excluding hydrogens is 392 g/mol. The molecule has 1 aliphatic heterocycles. The summed E-state index contributed by atoms with van der Waals surface area (Å²) in [5.74, 6) is -0.151. The minimum atomic E-state index is -2.65. The van der Waals surface area contributed by atoms with E-state index in [1.165, 1.54) is 17.3 Å². The number of esters is 1. The summed E-state index contributed by atoms with van der Waals surface area (Å²) in [7, 11) is -2.65. The molecular formula is C25H34O4Si. The second-order valence-corrected chi connectivity index (χ2v) is 13.6. The van der Waals surface area contributed by atoms with Crippen LogP contribution < -0.4 is 10.4 Å². The number of carbonyl (C=O) groups excluding carboxylic acids is 1. The highest BCUT2D eigenvalue weighted by Gasteiger charge is 2.52. The van der Waals surface area contributed by atoms with Gasteiger partial charge in [-0.2, -0.15) is 0 Å². The van der Waals surface area contributed by atoms with Crippen LogP contribution >= 0.6 is 0 Å². The van der Waals surface area contributed by atoms with Crippen LogP contribution in [0.5, 0.6) is 0 Å². The van der Waals surface area contributed by atoms with Crippen LogP contribution in [0.4, 0.5) is 0 Å². The molecule has 1 aliphatic rings. The summed E-state index contributed by atoms with van der Waals surface area (Å²) in [5, 5.41) is 2.35. The lowest BCUT2D eigenvalue weighted by atomic mass is 9.99. The molecule has 162 valence electrons. The molecule has 0 amide bonds. The third-order valence-corrected chi connectivity index (χ3v) is 11.2. The van der Waals surface area contributed by atoms with E-state index >= 15 is 0 Å². The van der Waals surface area contributed by atoms with Gasteiger partial charge in [-0.05, 0) is 22.3 Å². The van der Waals surface area contributed by atoms with Crippen molar-refractivity contribution in [1.82, 2.24) is 0 Å². The van der Waals surface area contributed by atoms with Crippen LogP contribution in [0.15, 0.2) is 60.7 Å². The van der Waals surface area contributed by atoms with Gasteiger partial charge >= 0.3 is 5.97 Å². The van der Waals surface area contributed by atoms with Crippen molar-refractivity contribution in [1.29, 1.82) is 0 Å². The molecule has 0 aromatic heterocycles. The zero-order valence-corrected chi connectivity index (χ0v) is 19.9. The molecule has 30 heavy (non-hydrogen) atoms. The molecule has 2 aromatic carbocycles. The number of benzene rings is 2. The summed E-state index contributed by atoms with van der Waals surface area (Å²) in [6, 6.07) is 21.1. The molecule has 1 unspecified atom stereocenters. The van der Waals surface area contributed by atoms with Crippen molar-refractivity contribution in [2.75, 3.05) is 6.61 Å². The molecule has 1 heterocycles. The molecule has 2 aromatic rings. The average molecular weight is 427 g/mol. The fraction of sp³-hybridized carbons (Fsp3) is 0.480. The van der Waals surface area contributed by atoms with Gasteiger partial charge in [-0.3, -0.25) is 4.79 Å². The summed E-state index contributed by atoms with van der Waals surface area (Å²) in [6.07, 6.45) is -0.557. The standard InChI is InChI=1S/C25H34O4Si/c1-18-19(2)28-23(24(18)29-20(3)26)17-27-30(25(4,5)6,21-13-9-7-10-14-21)22-15-11-8-12-16-22/h7-16,18-19,23-24H,17H2,1-6H3/t18-,19?,23-,24+/m0/s1. The molecule has 1 fully saturated rings. The molecule has 3 rings (SSSR count). The third-order valence-electron chi connectivity index (χ3n) is 6.20. The van der Waals surface area contributed by atoms with E-state index in [9.17, 15) is 4.79 Å². The monoisotopic (exact) mass is 426 g/mol. The Morgan fingerprint density at radius 1 is 0.967 bits per heavy atom. The Hall–Kier alpha value is -1.95. The van der Waals surface area contributed by atoms with Gasteiger partial charge in [0.05, 0.1) is 12.7 Å². The van der Waals surface area contributed by atoms with Gasteiger partial charge in [-0.1, -0.05) is 88.4 Å². The average Bonchev–Trinajstić information content (AvgIpc) is 2.96. The minimum Gasteiger partial charge on any atom is -0.459 e. The van der Waals surface area contributed by atoms with E-state index in [2.05, 4.69) is 76.2 Å². The fourth-order valence-corrected chi connectivity index (χ4v) is 9.13. The van der Waals surface area contributed by atoms with Crippen molar-refractivity contribution in [2.24, 2.45) is 5.92 Å². The number of rotatable bonds is 6. The summed E-state index contributed by atoms with van der Waals surface area (Å²) in [5.41, 5.74) is 0. The number of hydrogen-bond donors (Lipinski definition) is 0. The van der Waals surface area contributed by atoms with Gasteiger partial charge in [0.2, 0.25) is 0 Å². The lowest BCUT2D eigenvalue weighted by molar-refractivity contribution is -0.151. The van der Waals surface area contributed by atoms with Gasteiger partial charge < -0.3 is 13.9 Å². The Balaban J connectivity index is 2.00. The highest BCUT2D eigenvalue weighted by molar-refractivity contribution is 6.99. The maximum Gasteiger partial charge on any atom is 0.303 e. The van der Waals surface area contributed by atoms with E-state index in [1.54, 1.807) is 0 Å². The van der Waals surface area contributed by atoms with Gasteiger partial charge in [0.15, 0.2) is 0 Å². The van der Waals surface area contributed by atoms with E-state index in [1.807, 2.05) is 19.1 Å². The molecule has 1 saturated heterocycles. The Morgan fingerprint density at radius 2 is 1.47 bits per heavy atom. The molecule has 4 atom stereocenters. The van der Waals surface area contributed by atoms with Gasteiger partial charge in [-0.25, -0.2) is 0 Å². The van der Waals surface area contributed by atoms with Crippen LogP contribution in [0.2, 0.25) is 5.04 Å². The number of ether oxygens (including phenoxy) is 2. The van der Waals surface area contributed by atoms with E-state index < -0.39 is 8.32 Å². The zero-order valence-electron chi connectivity index (χ0n) is 18.9. The maximum atomic E-state index is 11.7. The Morgan fingerprint density at radius 3 is 1.90 bits per heavy atom. The van der Waals surface area contributed by atoms with E-state index in [0.29, 0.717) is 6.61 Å².